The Labute approximate surface area is 219 Å². The van der Waals surface area contributed by atoms with E-state index in [1.54, 1.807) is 6.20 Å². The first kappa shape index (κ1) is 23.5. The average molecular weight is 518 g/mol. The summed E-state index contributed by atoms with van der Waals surface area (Å²) in [6.07, 6.45) is 1.36. The van der Waals surface area contributed by atoms with Gasteiger partial charge in [-0.05, 0) is 50.2 Å². The van der Waals surface area contributed by atoms with Crippen LogP contribution < -0.4 is 10.6 Å². The number of carbonyl (C=O) groups excluding carboxylic acids is 1. The topological polar surface area (TPSA) is 102 Å². The number of imidazole rings is 1. The fourth-order valence-electron chi connectivity index (χ4n) is 5.36. The van der Waals surface area contributed by atoms with Gasteiger partial charge in [0.05, 0.1) is 11.8 Å². The number of pyridine rings is 1. The number of aromatic nitrogens is 4. The first-order valence-electron chi connectivity index (χ1n) is 12.4. The molecule has 190 valence electrons. The molecule has 1 aromatic carbocycles. The molecule has 0 aliphatic carbocycles. The Morgan fingerprint density at radius 1 is 1.03 bits per heavy atom. The fourth-order valence-corrected chi connectivity index (χ4v) is 5.49. The fraction of sp³-hybridized carbons (Fsp3) is 0.333. The molecule has 0 saturated carbocycles. The molecule has 6 rings (SSSR count). The van der Waals surface area contributed by atoms with Gasteiger partial charge in [-0.3, -0.25) is 0 Å². The predicted molar refractivity (Wildman–Crippen MR) is 143 cm³/mol. The molecule has 10 heteroatoms. The van der Waals surface area contributed by atoms with Crippen LogP contribution in [0.15, 0.2) is 54.7 Å². The van der Waals surface area contributed by atoms with Crippen LogP contribution in [0.3, 0.4) is 0 Å². The van der Waals surface area contributed by atoms with Crippen molar-refractivity contribution in [3.63, 3.8) is 0 Å². The third-order valence-corrected chi connectivity index (χ3v) is 7.29. The lowest BCUT2D eigenvalue weighted by molar-refractivity contribution is 0.0817. The maximum absolute atomic E-state index is 12.4. The zero-order valence-corrected chi connectivity index (χ0v) is 21.5. The molecule has 2 unspecified atom stereocenters. The van der Waals surface area contributed by atoms with E-state index < -0.39 is 0 Å². The molecule has 2 saturated heterocycles. The number of nitrogens with two attached hydrogens (primary N) is 1. The molecule has 3 aromatic heterocycles. The standard InChI is InChI=1S/C27H28ClN7O2/c1-16(2)37-27(36)34-14-19-12-33(13-20(19)15-34)24-8-7-23-31-25(17-3-5-21(28)6-4-17)26(35(23)32-24)18-9-10-30-22(29)11-18/h3-11,16,19-20H,12-15H2,1-2H3,(H2,29,30). The van der Waals surface area contributed by atoms with Gasteiger partial charge in [0.25, 0.3) is 0 Å². The van der Waals surface area contributed by atoms with E-state index in [1.807, 2.05) is 71.8 Å². The molecule has 9 nitrogen and oxygen atoms in total. The summed E-state index contributed by atoms with van der Waals surface area (Å²) in [5.74, 6) is 2.09. The maximum atomic E-state index is 12.4. The molecule has 37 heavy (non-hydrogen) atoms. The minimum Gasteiger partial charge on any atom is -0.447 e. The Bertz CT molecular complexity index is 1460. The average Bonchev–Trinajstić information content (AvgIpc) is 3.55. The second-order valence-corrected chi connectivity index (χ2v) is 10.4. The largest absolute Gasteiger partial charge is 0.447 e. The number of hydrogen-bond acceptors (Lipinski definition) is 7. The first-order chi connectivity index (χ1) is 17.9. The first-order valence-corrected chi connectivity index (χ1v) is 12.8. The summed E-state index contributed by atoms with van der Waals surface area (Å²) in [5.41, 5.74) is 10.2. The van der Waals surface area contributed by atoms with E-state index in [1.165, 1.54) is 0 Å². The van der Waals surface area contributed by atoms with E-state index in [2.05, 4.69) is 9.88 Å². The van der Waals surface area contributed by atoms with E-state index in [4.69, 9.17) is 32.2 Å². The molecule has 5 heterocycles. The Morgan fingerprint density at radius 3 is 2.43 bits per heavy atom. The van der Waals surface area contributed by atoms with Gasteiger partial charge >= 0.3 is 6.09 Å². The lowest BCUT2D eigenvalue weighted by Gasteiger charge is -2.23. The van der Waals surface area contributed by atoms with Crippen molar-refractivity contribution >= 4 is 35.0 Å². The molecule has 4 aromatic rings. The quantitative estimate of drug-likeness (QED) is 0.422. The molecule has 2 fully saturated rings. The lowest BCUT2D eigenvalue weighted by atomic mass is 10.0. The van der Waals surface area contributed by atoms with Crippen molar-refractivity contribution in [1.82, 2.24) is 24.5 Å². The van der Waals surface area contributed by atoms with Crippen LogP contribution in [0.1, 0.15) is 13.8 Å². The van der Waals surface area contributed by atoms with Crippen LogP contribution in [0.2, 0.25) is 5.02 Å². The molecule has 2 aliphatic rings. The number of rotatable bonds is 4. The van der Waals surface area contributed by atoms with Crippen molar-refractivity contribution in [3.8, 4) is 22.5 Å². The summed E-state index contributed by atoms with van der Waals surface area (Å²) >= 11 is 6.14. The number of amides is 1. The van der Waals surface area contributed by atoms with Crippen LogP contribution in [0, 0.1) is 11.8 Å². The van der Waals surface area contributed by atoms with Crippen LogP contribution >= 0.6 is 11.6 Å². The van der Waals surface area contributed by atoms with Gasteiger partial charge in [0.2, 0.25) is 0 Å². The van der Waals surface area contributed by atoms with Gasteiger partial charge in [0.1, 0.15) is 17.3 Å². The summed E-state index contributed by atoms with van der Waals surface area (Å²) < 4.78 is 7.28. The van der Waals surface area contributed by atoms with Gasteiger partial charge in [0.15, 0.2) is 5.65 Å². The molecule has 0 bridgehead atoms. The van der Waals surface area contributed by atoms with Crippen molar-refractivity contribution in [2.45, 2.75) is 20.0 Å². The number of halogens is 1. The highest BCUT2D eigenvalue weighted by Gasteiger charge is 2.42. The predicted octanol–water partition coefficient (Wildman–Crippen LogP) is 4.61. The SMILES string of the molecule is CC(C)OC(=O)N1CC2CN(c3ccc4nc(-c5ccc(Cl)cc5)c(-c5ccnc(N)c5)n4n3)CC2C1. The van der Waals surface area contributed by atoms with E-state index in [0.717, 1.165) is 47.1 Å². The minimum absolute atomic E-state index is 0.113. The third kappa shape index (κ3) is 4.44. The molecule has 2 N–H and O–H groups in total. The van der Waals surface area contributed by atoms with Crippen molar-refractivity contribution in [2.75, 3.05) is 36.8 Å². The van der Waals surface area contributed by atoms with E-state index in [0.29, 0.717) is 35.8 Å². The van der Waals surface area contributed by atoms with Crippen molar-refractivity contribution in [3.05, 3.63) is 59.8 Å². The monoisotopic (exact) mass is 517 g/mol. The maximum Gasteiger partial charge on any atom is 0.410 e. The van der Waals surface area contributed by atoms with Gasteiger partial charge in [-0.1, -0.05) is 23.7 Å². The second kappa shape index (κ2) is 9.23. The van der Waals surface area contributed by atoms with Gasteiger partial charge in [-0.15, -0.1) is 5.10 Å². The number of nitrogen functional groups attached to an aromatic ring is 1. The van der Waals surface area contributed by atoms with Crippen LogP contribution in [-0.2, 0) is 4.74 Å². The minimum atomic E-state index is -0.218. The summed E-state index contributed by atoms with van der Waals surface area (Å²) in [7, 11) is 0. The zero-order chi connectivity index (χ0) is 25.7. The van der Waals surface area contributed by atoms with Gasteiger partial charge in [-0.25, -0.2) is 19.3 Å². The summed E-state index contributed by atoms with van der Waals surface area (Å²) in [4.78, 5) is 25.6. The van der Waals surface area contributed by atoms with Gasteiger partial charge in [0, 0.05) is 60.4 Å². The lowest BCUT2D eigenvalue weighted by Crippen LogP contribution is -2.35. The van der Waals surface area contributed by atoms with Crippen LogP contribution in [-0.4, -0.2) is 62.9 Å². The van der Waals surface area contributed by atoms with E-state index >= 15 is 0 Å². The number of fused-ring (bicyclic) bond motifs is 2. The number of anilines is 2. The number of nitrogens with zero attached hydrogens (tertiary/aromatic N) is 6. The van der Waals surface area contributed by atoms with E-state index in [-0.39, 0.29) is 12.2 Å². The van der Waals surface area contributed by atoms with Crippen molar-refractivity contribution in [1.29, 1.82) is 0 Å². The van der Waals surface area contributed by atoms with Crippen LogP contribution in [0.25, 0.3) is 28.2 Å². The smallest absolute Gasteiger partial charge is 0.410 e. The Hall–Kier alpha value is -3.85. The molecule has 2 aliphatic heterocycles. The molecule has 1 amide bonds. The highest BCUT2D eigenvalue weighted by Crippen LogP contribution is 2.36. The molecular weight excluding hydrogens is 490 g/mol. The van der Waals surface area contributed by atoms with Crippen LogP contribution in [0.5, 0.6) is 0 Å². The summed E-state index contributed by atoms with van der Waals surface area (Å²) in [5, 5.41) is 5.70. The molecule has 0 spiro atoms. The van der Waals surface area contributed by atoms with Gasteiger partial charge < -0.3 is 20.3 Å². The number of carbonyl (C=O) groups is 1. The molecule has 0 radical (unpaired) electrons. The number of benzene rings is 1. The van der Waals surface area contributed by atoms with E-state index in [9.17, 15) is 4.79 Å². The Balaban J connectivity index is 1.34. The highest BCUT2D eigenvalue weighted by atomic mass is 35.5. The number of likely N-dealkylation sites (tertiary alicyclic amines) is 1. The second-order valence-electron chi connectivity index (χ2n) is 10.0. The third-order valence-electron chi connectivity index (χ3n) is 7.04. The normalized spacial score (nSPS) is 19.1. The summed E-state index contributed by atoms with van der Waals surface area (Å²) in [6, 6.07) is 15.4. The van der Waals surface area contributed by atoms with Crippen molar-refractivity contribution in [2.24, 2.45) is 11.8 Å². The number of ether oxygens (including phenoxy) is 1. The van der Waals surface area contributed by atoms with Crippen LogP contribution in [0.4, 0.5) is 16.4 Å². The Morgan fingerprint density at radius 2 is 1.76 bits per heavy atom. The number of hydrogen-bond donors (Lipinski definition) is 1. The summed E-state index contributed by atoms with van der Waals surface area (Å²) in [6.45, 7) is 6.85. The van der Waals surface area contributed by atoms with Gasteiger partial charge in [-0.2, -0.15) is 0 Å². The Kier molecular flexibility index (Phi) is 5.87. The molecule has 2 atom stereocenters. The highest BCUT2D eigenvalue weighted by molar-refractivity contribution is 6.30. The molecular formula is C27H28ClN7O2. The van der Waals surface area contributed by atoms with Crippen molar-refractivity contribution < 1.29 is 9.53 Å². The zero-order valence-electron chi connectivity index (χ0n) is 20.7.